The van der Waals surface area contributed by atoms with Crippen molar-refractivity contribution in [3.63, 3.8) is 0 Å². The van der Waals surface area contributed by atoms with Crippen LogP contribution >= 0.6 is 0 Å². The maximum absolute atomic E-state index is 13.4. The highest BCUT2D eigenvalue weighted by Gasteiger charge is 2.38. The monoisotopic (exact) mass is 653 g/mol. The molecule has 2 saturated heterocycles. The second-order valence-electron chi connectivity index (χ2n) is 12.6. The van der Waals surface area contributed by atoms with Crippen LogP contribution < -0.4 is 27.0 Å². The van der Waals surface area contributed by atoms with Crippen molar-refractivity contribution >= 4 is 41.4 Å². The molecule has 0 aromatic rings. The van der Waals surface area contributed by atoms with Crippen molar-refractivity contribution in [2.75, 3.05) is 26.2 Å². The van der Waals surface area contributed by atoms with E-state index in [0.29, 0.717) is 38.5 Å². The molecule has 2 fully saturated rings. The smallest absolute Gasteiger partial charge is 0.326 e. The fourth-order valence-electron chi connectivity index (χ4n) is 5.64. The highest BCUT2D eigenvalue weighted by molar-refractivity contribution is 5.96. The fraction of sp³-hybridized carbons (Fsp3) is 0.767. The van der Waals surface area contributed by atoms with Crippen molar-refractivity contribution in [1.29, 1.82) is 0 Å². The lowest BCUT2D eigenvalue weighted by Crippen LogP contribution is -2.58. The highest BCUT2D eigenvalue weighted by Crippen LogP contribution is 2.20. The van der Waals surface area contributed by atoms with Gasteiger partial charge >= 0.3 is 5.97 Å². The van der Waals surface area contributed by atoms with Gasteiger partial charge < -0.3 is 47.0 Å². The molecule has 16 heteroatoms. The molecule has 260 valence electrons. The van der Waals surface area contributed by atoms with Gasteiger partial charge in [0.25, 0.3) is 0 Å². The number of carboxylic acid groups (broad SMARTS) is 1. The molecule has 0 spiro atoms. The summed E-state index contributed by atoms with van der Waals surface area (Å²) in [5, 5.41) is 29.5. The maximum Gasteiger partial charge on any atom is 0.326 e. The Kier molecular flexibility index (Phi) is 14.8. The zero-order chi connectivity index (χ0) is 34.7. The number of nitrogens with zero attached hydrogens (tertiary/aromatic N) is 2. The summed E-state index contributed by atoms with van der Waals surface area (Å²) in [6.45, 7) is 8.29. The topological polar surface area (TPSA) is 241 Å². The number of hydrogen-bond acceptors (Lipinski definition) is 9. The Morgan fingerprint density at radius 3 is 1.76 bits per heavy atom. The van der Waals surface area contributed by atoms with Crippen molar-refractivity contribution in [2.45, 2.75) is 109 Å². The molecule has 0 aromatic heterocycles. The highest BCUT2D eigenvalue weighted by atomic mass is 16.4. The fourth-order valence-corrected chi connectivity index (χ4v) is 5.64. The summed E-state index contributed by atoms with van der Waals surface area (Å²) in [5.41, 5.74) is 5.88. The molecule has 0 aliphatic carbocycles. The predicted molar refractivity (Wildman–Crippen MR) is 166 cm³/mol. The second-order valence-corrected chi connectivity index (χ2v) is 12.6. The summed E-state index contributed by atoms with van der Waals surface area (Å²) in [4.78, 5) is 91.4. The molecule has 0 radical (unpaired) electrons. The summed E-state index contributed by atoms with van der Waals surface area (Å²) in [6.07, 6.45) is 1.34. The van der Waals surface area contributed by atoms with Crippen molar-refractivity contribution in [3.8, 4) is 0 Å². The number of aliphatic carboxylic acids is 1. The van der Waals surface area contributed by atoms with E-state index in [4.69, 9.17) is 5.73 Å². The van der Waals surface area contributed by atoms with Gasteiger partial charge in [-0.2, -0.15) is 0 Å². The van der Waals surface area contributed by atoms with E-state index in [1.165, 1.54) is 16.7 Å². The van der Waals surface area contributed by atoms with E-state index in [0.717, 1.165) is 0 Å². The number of aliphatic hydroxyl groups excluding tert-OH is 1. The van der Waals surface area contributed by atoms with Crippen LogP contribution in [-0.4, -0.2) is 124 Å². The molecule has 2 aliphatic rings. The van der Waals surface area contributed by atoms with E-state index in [9.17, 15) is 43.8 Å². The molecule has 0 bridgehead atoms. The molecule has 6 amide bonds. The number of likely N-dealkylation sites (tertiary alicyclic amines) is 2. The van der Waals surface area contributed by atoms with Crippen LogP contribution in [0.1, 0.15) is 73.1 Å². The summed E-state index contributed by atoms with van der Waals surface area (Å²) < 4.78 is 0. The number of amides is 6. The van der Waals surface area contributed by atoms with Crippen molar-refractivity contribution in [2.24, 2.45) is 17.6 Å². The first-order valence-corrected chi connectivity index (χ1v) is 16.0. The van der Waals surface area contributed by atoms with Gasteiger partial charge in [0, 0.05) is 13.1 Å². The molecule has 16 nitrogen and oxygen atoms in total. The SMILES string of the molecule is CC[C@H](C)[C@H](NC(=O)[C@@H]1CCCN1C(=O)CNC(=O)[C@@H](NC(=O)[C@@H](N)CC(C)C)[C@@H](C)O)C(=O)NCC(=O)N1CCC[C@H]1C(=O)O. The number of nitrogens with two attached hydrogens (primary N) is 1. The Labute approximate surface area is 269 Å². The van der Waals surface area contributed by atoms with Crippen LogP contribution in [0.5, 0.6) is 0 Å². The van der Waals surface area contributed by atoms with Crippen LogP contribution in [0.15, 0.2) is 0 Å². The molecule has 46 heavy (non-hydrogen) atoms. The van der Waals surface area contributed by atoms with Crippen LogP contribution in [0.25, 0.3) is 0 Å². The predicted octanol–water partition coefficient (Wildman–Crippen LogP) is -1.94. The second kappa shape index (κ2) is 17.8. The van der Waals surface area contributed by atoms with Gasteiger partial charge in [-0.1, -0.05) is 34.1 Å². The minimum absolute atomic E-state index is 0.134. The lowest BCUT2D eigenvalue weighted by Gasteiger charge is -2.29. The molecule has 0 aromatic carbocycles. The van der Waals surface area contributed by atoms with Gasteiger partial charge in [-0.25, -0.2) is 4.79 Å². The number of carbonyl (C=O) groups is 7. The van der Waals surface area contributed by atoms with Crippen molar-refractivity contribution < 1.29 is 43.8 Å². The summed E-state index contributed by atoms with van der Waals surface area (Å²) >= 11 is 0. The first-order chi connectivity index (χ1) is 21.6. The number of rotatable bonds is 16. The Balaban J connectivity index is 1.99. The third-order valence-corrected chi connectivity index (χ3v) is 8.48. The van der Waals surface area contributed by atoms with Gasteiger partial charge in [0.05, 0.1) is 25.2 Å². The third-order valence-electron chi connectivity index (χ3n) is 8.48. The molecule has 8 N–H and O–H groups in total. The van der Waals surface area contributed by atoms with Gasteiger partial charge in [0.1, 0.15) is 24.2 Å². The van der Waals surface area contributed by atoms with E-state index >= 15 is 0 Å². The number of hydrogen-bond donors (Lipinski definition) is 7. The number of aliphatic hydroxyl groups is 1. The third kappa shape index (κ3) is 10.6. The zero-order valence-electron chi connectivity index (χ0n) is 27.4. The van der Waals surface area contributed by atoms with E-state index in [-0.39, 0.29) is 24.9 Å². The molecule has 7 atom stereocenters. The Hall–Kier alpha value is -3.79. The molecular formula is C30H51N7O9. The van der Waals surface area contributed by atoms with Gasteiger partial charge in [0.15, 0.2) is 0 Å². The molecular weight excluding hydrogens is 602 g/mol. The van der Waals surface area contributed by atoms with Crippen LogP contribution in [0.4, 0.5) is 0 Å². The Bertz CT molecular complexity index is 1130. The number of nitrogens with one attached hydrogen (secondary N) is 4. The van der Waals surface area contributed by atoms with Crippen LogP contribution in [0, 0.1) is 11.8 Å². The number of carboxylic acids is 1. The minimum Gasteiger partial charge on any atom is -0.480 e. The van der Waals surface area contributed by atoms with Crippen molar-refractivity contribution in [3.05, 3.63) is 0 Å². The summed E-state index contributed by atoms with van der Waals surface area (Å²) in [5.74, 6) is -4.97. The average Bonchev–Trinajstić information content (AvgIpc) is 3.69. The van der Waals surface area contributed by atoms with Crippen molar-refractivity contribution in [1.82, 2.24) is 31.1 Å². The summed E-state index contributed by atoms with van der Waals surface area (Å²) in [6, 6.07) is -5.09. The Morgan fingerprint density at radius 1 is 0.783 bits per heavy atom. The standard InChI is InChI=1S/C30H51N7O9/c1-6-17(4)24(28(43)32-15-23(40)37-12-8-10-21(37)30(45)46)34-27(42)20-9-7-11-36(20)22(39)14-33-29(44)25(18(5)38)35-26(41)19(31)13-16(2)3/h16-21,24-25,38H,6-15,31H2,1-5H3,(H,32,43)(H,33,44)(H,34,42)(H,35,41)(H,45,46)/t17-,18+,19-,20-,21-,24-,25-/m0/s1. The van der Waals surface area contributed by atoms with Crippen LogP contribution in [0.3, 0.4) is 0 Å². The quantitative estimate of drug-likeness (QED) is 0.0972. The minimum atomic E-state index is -1.35. The first-order valence-electron chi connectivity index (χ1n) is 16.0. The number of carbonyl (C=O) groups excluding carboxylic acids is 6. The summed E-state index contributed by atoms with van der Waals surface area (Å²) in [7, 11) is 0. The molecule has 2 heterocycles. The zero-order valence-corrected chi connectivity index (χ0v) is 27.4. The molecule has 2 aliphatic heterocycles. The van der Waals surface area contributed by atoms with Gasteiger partial charge in [-0.15, -0.1) is 0 Å². The van der Waals surface area contributed by atoms with Gasteiger partial charge in [-0.05, 0) is 50.9 Å². The lowest BCUT2D eigenvalue weighted by atomic mass is 9.97. The van der Waals surface area contributed by atoms with E-state index < -0.39 is 90.8 Å². The molecule has 2 rings (SSSR count). The van der Waals surface area contributed by atoms with Crippen LogP contribution in [-0.2, 0) is 33.6 Å². The van der Waals surface area contributed by atoms with Crippen LogP contribution in [0.2, 0.25) is 0 Å². The van der Waals surface area contributed by atoms with E-state index in [2.05, 4.69) is 21.3 Å². The average molecular weight is 654 g/mol. The maximum atomic E-state index is 13.4. The van der Waals surface area contributed by atoms with Gasteiger partial charge in [0.2, 0.25) is 35.4 Å². The largest absolute Gasteiger partial charge is 0.480 e. The first kappa shape index (κ1) is 38.4. The molecule has 0 saturated carbocycles. The van der Waals surface area contributed by atoms with Gasteiger partial charge in [-0.3, -0.25) is 28.8 Å². The normalized spacial score (nSPS) is 21.1. The molecule has 0 unspecified atom stereocenters. The lowest BCUT2D eigenvalue weighted by molar-refractivity contribution is -0.148. The van der Waals surface area contributed by atoms with E-state index in [1.807, 2.05) is 20.8 Å². The Morgan fingerprint density at radius 2 is 1.28 bits per heavy atom. The van der Waals surface area contributed by atoms with E-state index in [1.54, 1.807) is 6.92 Å².